The van der Waals surface area contributed by atoms with Gasteiger partial charge in [0, 0.05) is 18.1 Å². The first kappa shape index (κ1) is 12.1. The molecule has 0 radical (unpaired) electrons. The Morgan fingerprint density at radius 3 is 1.93 bits per heavy atom. The average molecular weight is 233 g/mol. The molecule has 82 valence electrons. The summed E-state index contributed by atoms with van der Waals surface area (Å²) in [4.78, 5) is 11.0. The van der Waals surface area contributed by atoms with Crippen LogP contribution < -0.4 is 0 Å². The van der Waals surface area contributed by atoms with E-state index in [1.54, 1.807) is 13.8 Å². The molecular weight excluding hydrogens is 222 g/mol. The molecular formula is C11H11ClF2O. The average Bonchev–Trinajstić information content (AvgIpc) is 1.99. The molecule has 0 bridgehead atoms. The number of hydrogen-bond acceptors (Lipinski definition) is 1. The number of carbonyl (C=O) groups excluding carboxylic acids is 1. The zero-order chi connectivity index (χ0) is 11.8. The van der Waals surface area contributed by atoms with Crippen LogP contribution in [-0.4, -0.2) is 5.24 Å². The number of rotatable bonds is 2. The monoisotopic (exact) mass is 232 g/mol. The van der Waals surface area contributed by atoms with Gasteiger partial charge in [-0.2, -0.15) is 0 Å². The molecule has 0 atom stereocenters. The van der Waals surface area contributed by atoms with E-state index in [4.69, 9.17) is 11.6 Å². The summed E-state index contributed by atoms with van der Waals surface area (Å²) in [6, 6.07) is 2.59. The van der Waals surface area contributed by atoms with Gasteiger partial charge in [0.15, 0.2) is 0 Å². The van der Waals surface area contributed by atoms with E-state index in [0.717, 1.165) is 6.92 Å². The van der Waals surface area contributed by atoms with E-state index in [2.05, 4.69) is 0 Å². The maximum atomic E-state index is 13.0. The van der Waals surface area contributed by atoms with Gasteiger partial charge in [0.2, 0.25) is 0 Å². The van der Waals surface area contributed by atoms with Crippen molar-refractivity contribution in [2.75, 3.05) is 0 Å². The molecule has 1 rings (SSSR count). The Morgan fingerprint density at radius 1 is 1.27 bits per heavy atom. The number of alkyl halides is 2. The summed E-state index contributed by atoms with van der Waals surface area (Å²) in [5.74, 6) is -2.90. The third kappa shape index (κ3) is 2.53. The lowest BCUT2D eigenvalue weighted by Crippen LogP contribution is -2.10. The zero-order valence-electron chi connectivity index (χ0n) is 8.70. The van der Waals surface area contributed by atoms with Gasteiger partial charge in [-0.1, -0.05) is 0 Å². The van der Waals surface area contributed by atoms with E-state index in [9.17, 15) is 13.6 Å². The fraction of sp³-hybridized carbons (Fsp3) is 0.364. The smallest absolute Gasteiger partial charge is 0.270 e. The van der Waals surface area contributed by atoms with Crippen molar-refractivity contribution >= 4 is 16.8 Å². The molecule has 4 heteroatoms. The van der Waals surface area contributed by atoms with Crippen molar-refractivity contribution in [3.63, 3.8) is 0 Å². The second-order valence-electron chi connectivity index (χ2n) is 3.65. The van der Waals surface area contributed by atoms with E-state index in [1.807, 2.05) is 0 Å². The highest BCUT2D eigenvalue weighted by Gasteiger charge is 2.26. The minimum absolute atomic E-state index is 0.0980. The second-order valence-corrected chi connectivity index (χ2v) is 3.99. The van der Waals surface area contributed by atoms with Crippen molar-refractivity contribution in [3.05, 3.63) is 34.4 Å². The fourth-order valence-electron chi connectivity index (χ4n) is 1.53. The highest BCUT2D eigenvalue weighted by molar-refractivity contribution is 6.68. The standard InChI is InChI=1S/C11H11ClF2O/c1-6-4-8(11(3,13)14)5-7(2)9(6)10(12)15/h4-5H,1-3H3. The van der Waals surface area contributed by atoms with Gasteiger partial charge in [-0.3, -0.25) is 4.79 Å². The van der Waals surface area contributed by atoms with Crippen molar-refractivity contribution in [1.82, 2.24) is 0 Å². The second kappa shape index (κ2) is 3.89. The Bertz CT molecular complexity index is 385. The van der Waals surface area contributed by atoms with Crippen LogP contribution in [0.15, 0.2) is 12.1 Å². The van der Waals surface area contributed by atoms with Gasteiger partial charge < -0.3 is 0 Å². The quantitative estimate of drug-likeness (QED) is 0.709. The number of aryl methyl sites for hydroxylation is 2. The first-order valence-electron chi connectivity index (χ1n) is 4.43. The number of hydrogen-bond donors (Lipinski definition) is 0. The number of carbonyl (C=O) groups is 1. The highest BCUT2D eigenvalue weighted by Crippen LogP contribution is 2.30. The molecule has 0 aliphatic heterocycles. The Balaban J connectivity index is 3.39. The molecule has 0 N–H and O–H groups in total. The van der Waals surface area contributed by atoms with Crippen LogP contribution in [0, 0.1) is 13.8 Å². The van der Waals surface area contributed by atoms with Crippen molar-refractivity contribution in [3.8, 4) is 0 Å². The molecule has 0 saturated carbocycles. The molecule has 1 aromatic rings. The van der Waals surface area contributed by atoms with Crippen LogP contribution in [0.4, 0.5) is 8.78 Å². The summed E-state index contributed by atoms with van der Waals surface area (Å²) in [6.45, 7) is 4.01. The molecule has 0 aromatic heterocycles. The van der Waals surface area contributed by atoms with Crippen LogP contribution in [0.5, 0.6) is 0 Å². The number of halogens is 3. The van der Waals surface area contributed by atoms with Gasteiger partial charge in [0.1, 0.15) is 0 Å². The molecule has 0 aliphatic carbocycles. The largest absolute Gasteiger partial charge is 0.276 e. The molecule has 0 fully saturated rings. The van der Waals surface area contributed by atoms with Gasteiger partial charge in [-0.25, -0.2) is 8.78 Å². The topological polar surface area (TPSA) is 17.1 Å². The molecule has 0 unspecified atom stereocenters. The third-order valence-electron chi connectivity index (χ3n) is 2.24. The Kier molecular flexibility index (Phi) is 3.14. The minimum Gasteiger partial charge on any atom is -0.276 e. The van der Waals surface area contributed by atoms with Crippen LogP contribution in [0.3, 0.4) is 0 Å². The van der Waals surface area contributed by atoms with Gasteiger partial charge >= 0.3 is 0 Å². The van der Waals surface area contributed by atoms with E-state index >= 15 is 0 Å². The van der Waals surface area contributed by atoms with Crippen LogP contribution in [0.1, 0.15) is 34.0 Å². The molecule has 1 nitrogen and oxygen atoms in total. The Morgan fingerprint density at radius 2 is 1.67 bits per heavy atom. The van der Waals surface area contributed by atoms with Crippen LogP contribution in [0.25, 0.3) is 0 Å². The normalized spacial score (nSPS) is 11.6. The van der Waals surface area contributed by atoms with Crippen LogP contribution in [-0.2, 0) is 5.92 Å². The first-order chi connectivity index (χ1) is 6.73. The highest BCUT2D eigenvalue weighted by atomic mass is 35.5. The molecule has 0 heterocycles. The van der Waals surface area contributed by atoms with Gasteiger partial charge in [0.25, 0.3) is 11.2 Å². The van der Waals surface area contributed by atoms with Gasteiger partial charge in [-0.05, 0) is 48.7 Å². The summed E-state index contributed by atoms with van der Waals surface area (Å²) in [5, 5.41) is -0.615. The lowest BCUT2D eigenvalue weighted by atomic mass is 9.97. The third-order valence-corrected chi connectivity index (χ3v) is 2.43. The lowest BCUT2D eigenvalue weighted by Gasteiger charge is -2.14. The predicted molar refractivity (Wildman–Crippen MR) is 55.7 cm³/mol. The zero-order valence-corrected chi connectivity index (χ0v) is 9.45. The SMILES string of the molecule is Cc1cc(C(C)(F)F)cc(C)c1C(=O)Cl. The molecule has 15 heavy (non-hydrogen) atoms. The summed E-state index contributed by atoms with van der Waals surface area (Å²) in [7, 11) is 0. The van der Waals surface area contributed by atoms with E-state index in [-0.39, 0.29) is 5.56 Å². The maximum Gasteiger partial charge on any atom is 0.270 e. The van der Waals surface area contributed by atoms with Crippen molar-refractivity contribution in [2.24, 2.45) is 0 Å². The van der Waals surface area contributed by atoms with Gasteiger partial charge in [0.05, 0.1) is 0 Å². The summed E-state index contributed by atoms with van der Waals surface area (Å²) in [5.41, 5.74) is 1.17. The molecule has 0 aliphatic rings. The Labute approximate surface area is 92.1 Å². The first-order valence-corrected chi connectivity index (χ1v) is 4.80. The summed E-state index contributed by atoms with van der Waals surface area (Å²) in [6.07, 6.45) is 0. The van der Waals surface area contributed by atoms with Crippen LogP contribution in [0.2, 0.25) is 0 Å². The van der Waals surface area contributed by atoms with E-state index in [1.165, 1.54) is 12.1 Å². The molecule has 0 saturated heterocycles. The Hall–Kier alpha value is -0.960. The van der Waals surface area contributed by atoms with Crippen molar-refractivity contribution in [2.45, 2.75) is 26.7 Å². The molecule has 0 amide bonds. The summed E-state index contributed by atoms with van der Waals surface area (Å²) < 4.78 is 26.1. The predicted octanol–water partition coefficient (Wildman–Crippen LogP) is 3.79. The van der Waals surface area contributed by atoms with E-state index in [0.29, 0.717) is 16.7 Å². The fourth-order valence-corrected chi connectivity index (χ4v) is 1.83. The van der Waals surface area contributed by atoms with Crippen molar-refractivity contribution < 1.29 is 13.6 Å². The number of benzene rings is 1. The summed E-state index contributed by atoms with van der Waals surface area (Å²) >= 11 is 5.35. The minimum atomic E-state index is -2.90. The molecule has 1 aromatic carbocycles. The van der Waals surface area contributed by atoms with E-state index < -0.39 is 11.2 Å². The maximum absolute atomic E-state index is 13.0. The lowest BCUT2D eigenvalue weighted by molar-refractivity contribution is 0.0173. The van der Waals surface area contributed by atoms with Crippen molar-refractivity contribution in [1.29, 1.82) is 0 Å². The van der Waals surface area contributed by atoms with Crippen LogP contribution >= 0.6 is 11.6 Å². The van der Waals surface area contributed by atoms with Gasteiger partial charge in [-0.15, -0.1) is 0 Å². The molecule has 0 spiro atoms.